The van der Waals surface area contributed by atoms with Crippen LogP contribution in [0.2, 0.25) is 5.02 Å². The summed E-state index contributed by atoms with van der Waals surface area (Å²) in [6.07, 6.45) is 1.54. The lowest BCUT2D eigenvalue weighted by atomic mass is 10.2. The van der Waals surface area contributed by atoms with Crippen LogP contribution in [0.15, 0.2) is 28.9 Å². The molecule has 0 aliphatic heterocycles. The minimum atomic E-state index is -0.435. The molecule has 7 heteroatoms. The molecule has 0 radical (unpaired) electrons. The van der Waals surface area contributed by atoms with Crippen molar-refractivity contribution in [2.24, 2.45) is 0 Å². The molecule has 2 aromatic rings. The van der Waals surface area contributed by atoms with Crippen LogP contribution in [0.1, 0.15) is 25.1 Å². The fraction of sp³-hybridized carbons (Fsp3) is 0.375. The topological polar surface area (TPSA) is 70.4 Å². The van der Waals surface area contributed by atoms with Gasteiger partial charge in [-0.25, -0.2) is 4.79 Å². The molecule has 0 saturated heterocycles. The largest absolute Gasteiger partial charge is 0.432 e. The van der Waals surface area contributed by atoms with Crippen LogP contribution in [-0.4, -0.2) is 29.0 Å². The lowest BCUT2D eigenvalue weighted by molar-refractivity contribution is 0.261. The quantitative estimate of drug-likeness (QED) is 0.861. The van der Waals surface area contributed by atoms with Crippen LogP contribution in [0.4, 0.5) is 16.5 Å². The summed E-state index contributed by atoms with van der Waals surface area (Å²) >= 11 is 6.03. The van der Waals surface area contributed by atoms with Gasteiger partial charge in [-0.2, -0.15) is 4.98 Å². The zero-order chi connectivity index (χ0) is 17.0. The van der Waals surface area contributed by atoms with Gasteiger partial charge in [-0.15, -0.1) is 0 Å². The summed E-state index contributed by atoms with van der Waals surface area (Å²) in [5.74, 6) is 0. The van der Waals surface area contributed by atoms with E-state index in [0.717, 1.165) is 11.3 Å². The van der Waals surface area contributed by atoms with Crippen LogP contribution >= 0.6 is 11.6 Å². The Hall–Kier alpha value is -2.05. The third kappa shape index (κ3) is 4.97. The first-order chi connectivity index (χ1) is 10.8. The number of urea groups is 1. The van der Waals surface area contributed by atoms with Gasteiger partial charge in [0, 0.05) is 23.3 Å². The highest BCUT2D eigenvalue weighted by Gasteiger charge is 2.11. The summed E-state index contributed by atoms with van der Waals surface area (Å²) in [6.45, 7) is 6.74. The molecule has 0 fully saturated rings. The van der Waals surface area contributed by atoms with E-state index in [9.17, 15) is 4.79 Å². The molecular formula is C16H21ClN4O2. The van der Waals surface area contributed by atoms with Gasteiger partial charge in [0.15, 0.2) is 0 Å². The highest BCUT2D eigenvalue weighted by Crippen LogP contribution is 2.20. The Bertz CT molecular complexity index is 684. The number of halogens is 1. The molecule has 1 aromatic carbocycles. The van der Waals surface area contributed by atoms with Gasteiger partial charge in [0.25, 0.3) is 0 Å². The number of benzene rings is 1. The second-order valence-corrected chi connectivity index (χ2v) is 6.10. The van der Waals surface area contributed by atoms with Crippen molar-refractivity contribution in [2.45, 2.75) is 33.4 Å². The van der Waals surface area contributed by atoms with Crippen LogP contribution in [0, 0.1) is 6.92 Å². The number of hydrogen-bond acceptors (Lipinski definition) is 4. The molecule has 0 atom stereocenters. The first-order valence-corrected chi connectivity index (χ1v) is 7.71. The number of carbonyl (C=O) groups is 1. The summed E-state index contributed by atoms with van der Waals surface area (Å²) in [5.41, 5.74) is 2.31. The van der Waals surface area contributed by atoms with Crippen LogP contribution in [-0.2, 0) is 6.54 Å². The Morgan fingerprint density at radius 3 is 2.78 bits per heavy atom. The smallest absolute Gasteiger partial charge is 0.327 e. The van der Waals surface area contributed by atoms with Crippen molar-refractivity contribution in [1.82, 2.24) is 9.88 Å². The molecule has 23 heavy (non-hydrogen) atoms. The van der Waals surface area contributed by atoms with Crippen molar-refractivity contribution in [3.63, 3.8) is 0 Å². The van der Waals surface area contributed by atoms with Gasteiger partial charge >= 0.3 is 12.0 Å². The first kappa shape index (κ1) is 17.3. The summed E-state index contributed by atoms with van der Waals surface area (Å²) in [6, 6.07) is 5.43. The summed E-state index contributed by atoms with van der Waals surface area (Å²) < 4.78 is 5.26. The number of aryl methyl sites for hydroxylation is 1. The van der Waals surface area contributed by atoms with E-state index in [1.54, 1.807) is 12.1 Å². The number of nitrogens with one attached hydrogen (secondary N) is 2. The van der Waals surface area contributed by atoms with Crippen LogP contribution < -0.4 is 10.6 Å². The Morgan fingerprint density at radius 1 is 1.39 bits per heavy atom. The molecule has 2 N–H and O–H groups in total. The van der Waals surface area contributed by atoms with Crippen molar-refractivity contribution in [2.75, 3.05) is 17.7 Å². The molecule has 2 amide bonds. The zero-order valence-corrected chi connectivity index (χ0v) is 14.4. The molecule has 0 aliphatic rings. The average molecular weight is 337 g/mol. The maximum Gasteiger partial charge on any atom is 0.327 e. The number of nitrogens with zero attached hydrogens (tertiary/aromatic N) is 2. The van der Waals surface area contributed by atoms with E-state index in [1.165, 1.54) is 6.26 Å². The third-order valence-corrected chi connectivity index (χ3v) is 3.90. The molecule has 1 heterocycles. The predicted molar refractivity (Wildman–Crippen MR) is 91.9 cm³/mol. The van der Waals surface area contributed by atoms with E-state index in [-0.39, 0.29) is 6.01 Å². The fourth-order valence-electron chi connectivity index (χ4n) is 1.81. The van der Waals surface area contributed by atoms with Gasteiger partial charge in [0.05, 0.1) is 5.69 Å². The van der Waals surface area contributed by atoms with Crippen molar-refractivity contribution in [3.8, 4) is 0 Å². The van der Waals surface area contributed by atoms with Crippen LogP contribution in [0.5, 0.6) is 0 Å². The number of amides is 2. The maximum atomic E-state index is 11.9. The molecule has 2 rings (SSSR count). The second kappa shape index (κ2) is 7.48. The average Bonchev–Trinajstić information content (AvgIpc) is 2.89. The SMILES string of the molecule is Cc1ccc(NC(=O)Nc2nc(CN(C)C(C)C)co2)cc1Cl. The number of aromatic nitrogens is 1. The number of rotatable bonds is 5. The normalized spacial score (nSPS) is 11.1. The van der Waals surface area contributed by atoms with E-state index >= 15 is 0 Å². The number of carbonyl (C=O) groups excluding carboxylic acids is 1. The molecule has 0 unspecified atom stereocenters. The van der Waals surface area contributed by atoms with E-state index in [4.69, 9.17) is 16.0 Å². The van der Waals surface area contributed by atoms with Crippen molar-refractivity contribution >= 4 is 29.3 Å². The van der Waals surface area contributed by atoms with E-state index in [1.807, 2.05) is 20.0 Å². The Kier molecular flexibility index (Phi) is 5.63. The van der Waals surface area contributed by atoms with Gasteiger partial charge < -0.3 is 9.73 Å². The van der Waals surface area contributed by atoms with Gasteiger partial charge in [0.2, 0.25) is 0 Å². The zero-order valence-electron chi connectivity index (χ0n) is 13.7. The van der Waals surface area contributed by atoms with Crippen molar-refractivity contribution in [1.29, 1.82) is 0 Å². The lowest BCUT2D eigenvalue weighted by Gasteiger charge is -2.18. The van der Waals surface area contributed by atoms with E-state index in [0.29, 0.717) is 23.3 Å². The highest BCUT2D eigenvalue weighted by atomic mass is 35.5. The third-order valence-electron chi connectivity index (χ3n) is 3.49. The number of anilines is 2. The van der Waals surface area contributed by atoms with Crippen LogP contribution in [0.3, 0.4) is 0 Å². The fourth-order valence-corrected chi connectivity index (χ4v) is 1.99. The van der Waals surface area contributed by atoms with Crippen molar-refractivity contribution < 1.29 is 9.21 Å². The predicted octanol–water partition coefficient (Wildman–Crippen LogP) is 4.12. The van der Waals surface area contributed by atoms with Gasteiger partial charge in [0.1, 0.15) is 6.26 Å². The van der Waals surface area contributed by atoms with E-state index in [2.05, 4.69) is 34.4 Å². The highest BCUT2D eigenvalue weighted by molar-refractivity contribution is 6.31. The molecular weight excluding hydrogens is 316 g/mol. The second-order valence-electron chi connectivity index (χ2n) is 5.70. The lowest BCUT2D eigenvalue weighted by Crippen LogP contribution is -2.25. The molecule has 1 aromatic heterocycles. The molecule has 0 aliphatic carbocycles. The van der Waals surface area contributed by atoms with Gasteiger partial charge in [-0.3, -0.25) is 10.2 Å². The van der Waals surface area contributed by atoms with Gasteiger partial charge in [-0.1, -0.05) is 17.7 Å². The Labute approximate surface area is 140 Å². The first-order valence-electron chi connectivity index (χ1n) is 7.34. The standard InChI is InChI=1S/C16H21ClN4O2/c1-10(2)21(4)8-13-9-23-16(19-13)20-15(22)18-12-6-5-11(3)14(17)7-12/h5-7,9-10H,8H2,1-4H3,(H2,18,19,20,22). The number of hydrogen-bond donors (Lipinski definition) is 2. The summed E-state index contributed by atoms with van der Waals surface area (Å²) in [7, 11) is 2.00. The summed E-state index contributed by atoms with van der Waals surface area (Å²) in [5, 5.41) is 5.84. The molecule has 124 valence electrons. The van der Waals surface area contributed by atoms with E-state index < -0.39 is 6.03 Å². The monoisotopic (exact) mass is 336 g/mol. The Balaban J connectivity index is 1.92. The maximum absolute atomic E-state index is 11.9. The van der Waals surface area contributed by atoms with Gasteiger partial charge in [-0.05, 0) is 45.5 Å². The number of oxazole rings is 1. The molecule has 0 saturated carbocycles. The minimum absolute atomic E-state index is 0.160. The minimum Gasteiger partial charge on any atom is -0.432 e. The summed E-state index contributed by atoms with van der Waals surface area (Å²) in [4.78, 5) is 18.3. The molecule has 0 bridgehead atoms. The Morgan fingerprint density at radius 2 is 2.13 bits per heavy atom. The van der Waals surface area contributed by atoms with Crippen LogP contribution in [0.25, 0.3) is 0 Å². The molecule has 0 spiro atoms. The molecule has 6 nitrogen and oxygen atoms in total. The van der Waals surface area contributed by atoms with Crippen molar-refractivity contribution in [3.05, 3.63) is 40.7 Å².